The zero-order chi connectivity index (χ0) is 25.3. The first-order chi connectivity index (χ1) is 16.7. The van der Waals surface area contributed by atoms with Crippen LogP contribution in [0.2, 0.25) is 0 Å². The van der Waals surface area contributed by atoms with Crippen LogP contribution in [0.5, 0.6) is 11.5 Å². The molecule has 0 bridgehead atoms. The van der Waals surface area contributed by atoms with Crippen molar-refractivity contribution in [1.29, 1.82) is 0 Å². The molecule has 3 aromatic rings. The van der Waals surface area contributed by atoms with Gasteiger partial charge in [-0.05, 0) is 133 Å². The first-order valence-corrected chi connectivity index (χ1v) is 12.9. The molecule has 1 fully saturated rings. The number of phenols is 1. The summed E-state index contributed by atoms with van der Waals surface area (Å²) in [5, 5.41) is 10.9. The third-order valence-corrected chi connectivity index (χ3v) is 7.49. The minimum absolute atomic E-state index is 0.0353. The minimum Gasteiger partial charge on any atom is -0.503 e. The predicted molar refractivity (Wildman–Crippen MR) is 149 cm³/mol. The van der Waals surface area contributed by atoms with Gasteiger partial charge in [0, 0.05) is 0 Å². The topological polar surface area (TPSA) is 62.1 Å². The average molecular weight is 552 g/mol. The molecule has 3 aromatic carbocycles. The number of phenolic OH excluding ortho intramolecular Hbond substituents is 1. The Kier molecular flexibility index (Phi) is 7.38. The van der Waals surface area contributed by atoms with Crippen molar-refractivity contribution in [2.75, 3.05) is 11.5 Å². The van der Waals surface area contributed by atoms with Gasteiger partial charge in [0.15, 0.2) is 16.7 Å². The number of aromatic hydroxyl groups is 1. The Morgan fingerprint density at radius 2 is 1.69 bits per heavy atom. The summed E-state index contributed by atoms with van der Waals surface area (Å²) in [7, 11) is 0. The van der Waals surface area contributed by atoms with Crippen LogP contribution < -0.4 is 9.64 Å². The van der Waals surface area contributed by atoms with Gasteiger partial charge in [-0.3, -0.25) is 9.69 Å². The van der Waals surface area contributed by atoms with Gasteiger partial charge in [0.05, 0.1) is 27.4 Å². The number of anilines is 1. The fourth-order valence-electron chi connectivity index (χ4n) is 3.64. The van der Waals surface area contributed by atoms with E-state index in [2.05, 4.69) is 29.8 Å². The highest BCUT2D eigenvalue weighted by atomic mass is 79.9. The molecular weight excluding hydrogens is 524 g/mol. The fourth-order valence-corrected chi connectivity index (χ4v) is 5.10. The van der Waals surface area contributed by atoms with Crippen LogP contribution >= 0.6 is 27.7 Å². The number of hydrogen-bond acceptors (Lipinski definition) is 5. The number of thioether (sulfide) groups is 1. The number of amides is 1. The van der Waals surface area contributed by atoms with Crippen LogP contribution in [0.3, 0.4) is 0 Å². The van der Waals surface area contributed by atoms with Crippen LogP contribution in [-0.4, -0.2) is 22.8 Å². The second kappa shape index (κ2) is 10.3. The van der Waals surface area contributed by atoms with Crippen LogP contribution in [0.25, 0.3) is 6.08 Å². The summed E-state index contributed by atoms with van der Waals surface area (Å²) in [6.07, 6.45) is 1.80. The van der Waals surface area contributed by atoms with Crippen molar-refractivity contribution >= 4 is 56.2 Å². The predicted octanol–water partition coefficient (Wildman–Crippen LogP) is 7.60. The molecule has 0 unspecified atom stereocenters. The molecule has 1 amide bonds. The van der Waals surface area contributed by atoms with Gasteiger partial charge in [-0.1, -0.05) is 12.1 Å². The number of aryl methyl sites for hydroxylation is 4. The number of benzene rings is 3. The standard InChI is InChI=1S/C28H27BrN2O3S/c1-6-34-24-14-20(13-23(29)26(24)32)15-25-27(33)31(22-10-8-17(3)19(5)12-22)28(35-25)30-21-9-7-16(2)18(4)11-21/h7-15,32H,6H2,1-5H3/b25-15-,30-28?. The molecule has 0 spiro atoms. The molecule has 35 heavy (non-hydrogen) atoms. The minimum atomic E-state index is -0.150. The second-order valence-electron chi connectivity index (χ2n) is 8.47. The van der Waals surface area contributed by atoms with Crippen LogP contribution in [0, 0.1) is 27.7 Å². The first-order valence-electron chi connectivity index (χ1n) is 11.3. The van der Waals surface area contributed by atoms with Gasteiger partial charge >= 0.3 is 0 Å². The summed E-state index contributed by atoms with van der Waals surface area (Å²) in [5.41, 5.74) is 6.91. The summed E-state index contributed by atoms with van der Waals surface area (Å²) < 4.78 is 6.05. The van der Waals surface area contributed by atoms with Crippen molar-refractivity contribution in [3.8, 4) is 11.5 Å². The van der Waals surface area contributed by atoms with Crippen LogP contribution in [0.1, 0.15) is 34.7 Å². The lowest BCUT2D eigenvalue weighted by Crippen LogP contribution is -2.28. The Bertz CT molecular complexity index is 1380. The van der Waals surface area contributed by atoms with Gasteiger partial charge in [0.2, 0.25) is 0 Å². The summed E-state index contributed by atoms with van der Waals surface area (Å²) in [6.45, 7) is 10.5. The summed E-state index contributed by atoms with van der Waals surface area (Å²) in [6, 6.07) is 15.5. The van der Waals surface area contributed by atoms with E-state index < -0.39 is 0 Å². The van der Waals surface area contributed by atoms with Gasteiger partial charge in [0.25, 0.3) is 5.91 Å². The van der Waals surface area contributed by atoms with E-state index >= 15 is 0 Å². The maximum atomic E-state index is 13.7. The summed E-state index contributed by atoms with van der Waals surface area (Å²) >= 11 is 4.71. The lowest BCUT2D eigenvalue weighted by molar-refractivity contribution is -0.113. The highest BCUT2D eigenvalue weighted by molar-refractivity contribution is 9.10. The van der Waals surface area contributed by atoms with E-state index in [1.54, 1.807) is 23.1 Å². The number of amidine groups is 1. The number of ether oxygens (including phenoxy) is 1. The number of halogens is 1. The number of nitrogens with zero attached hydrogens (tertiary/aromatic N) is 2. The Balaban J connectivity index is 1.81. The number of hydrogen-bond donors (Lipinski definition) is 1. The maximum absolute atomic E-state index is 13.7. The lowest BCUT2D eigenvalue weighted by Gasteiger charge is -2.17. The SMILES string of the molecule is CCOc1cc(/C=C2\SC(=Nc3ccc(C)c(C)c3)N(c3ccc(C)c(C)c3)C2=O)cc(Br)c1O. The van der Waals surface area contributed by atoms with Gasteiger partial charge < -0.3 is 9.84 Å². The molecule has 0 aliphatic carbocycles. The van der Waals surface area contributed by atoms with E-state index in [9.17, 15) is 9.90 Å². The average Bonchev–Trinajstić information content (AvgIpc) is 3.10. The molecular formula is C28H27BrN2O3S. The van der Waals surface area contributed by atoms with Crippen LogP contribution in [0.15, 0.2) is 62.9 Å². The van der Waals surface area contributed by atoms with E-state index in [-0.39, 0.29) is 11.7 Å². The molecule has 0 atom stereocenters. The Morgan fingerprint density at radius 3 is 2.34 bits per heavy atom. The Labute approximate surface area is 218 Å². The van der Waals surface area contributed by atoms with E-state index in [0.717, 1.165) is 33.6 Å². The molecule has 1 aliphatic heterocycles. The Hall–Kier alpha value is -3.03. The van der Waals surface area contributed by atoms with E-state index in [1.807, 2.05) is 57.2 Å². The number of aliphatic imine (C=N–C) groups is 1. The molecule has 5 nitrogen and oxygen atoms in total. The zero-order valence-electron chi connectivity index (χ0n) is 20.3. The van der Waals surface area contributed by atoms with Crippen LogP contribution in [-0.2, 0) is 4.79 Å². The summed E-state index contributed by atoms with van der Waals surface area (Å²) in [4.78, 5) is 20.7. The fraction of sp³-hybridized carbons (Fsp3) is 0.214. The molecule has 0 radical (unpaired) electrons. The Morgan fingerprint density at radius 1 is 1.00 bits per heavy atom. The molecule has 4 rings (SSSR count). The molecule has 1 aliphatic rings. The molecule has 1 heterocycles. The lowest BCUT2D eigenvalue weighted by atomic mass is 10.1. The number of carbonyl (C=O) groups is 1. The monoisotopic (exact) mass is 550 g/mol. The highest BCUT2D eigenvalue weighted by Crippen LogP contribution is 2.40. The molecule has 7 heteroatoms. The van der Waals surface area contributed by atoms with Crippen molar-refractivity contribution in [2.45, 2.75) is 34.6 Å². The van der Waals surface area contributed by atoms with Crippen molar-refractivity contribution in [1.82, 2.24) is 0 Å². The van der Waals surface area contributed by atoms with Crippen molar-refractivity contribution < 1.29 is 14.6 Å². The summed E-state index contributed by atoms with van der Waals surface area (Å²) in [5.74, 6) is 0.246. The normalized spacial score (nSPS) is 15.9. The maximum Gasteiger partial charge on any atom is 0.271 e. The largest absolute Gasteiger partial charge is 0.503 e. The third-order valence-electron chi connectivity index (χ3n) is 5.92. The van der Waals surface area contributed by atoms with E-state index in [4.69, 9.17) is 9.73 Å². The second-order valence-corrected chi connectivity index (χ2v) is 10.3. The zero-order valence-corrected chi connectivity index (χ0v) is 22.8. The van der Waals surface area contributed by atoms with Gasteiger partial charge in [0.1, 0.15) is 0 Å². The van der Waals surface area contributed by atoms with Gasteiger partial charge in [-0.25, -0.2) is 4.99 Å². The van der Waals surface area contributed by atoms with Crippen molar-refractivity contribution in [2.24, 2.45) is 4.99 Å². The first kappa shape index (κ1) is 25.1. The number of carbonyl (C=O) groups excluding carboxylic acids is 1. The van der Waals surface area contributed by atoms with E-state index in [1.165, 1.54) is 17.3 Å². The number of rotatable bonds is 5. The van der Waals surface area contributed by atoms with Gasteiger partial charge in [-0.2, -0.15) is 0 Å². The third kappa shape index (κ3) is 5.31. The highest BCUT2D eigenvalue weighted by Gasteiger charge is 2.35. The molecule has 0 saturated carbocycles. The van der Waals surface area contributed by atoms with Crippen LogP contribution in [0.4, 0.5) is 11.4 Å². The van der Waals surface area contributed by atoms with E-state index in [0.29, 0.717) is 26.9 Å². The van der Waals surface area contributed by atoms with Gasteiger partial charge in [-0.15, -0.1) is 0 Å². The van der Waals surface area contributed by atoms with Crippen molar-refractivity contribution in [3.63, 3.8) is 0 Å². The quantitative estimate of drug-likeness (QED) is 0.332. The smallest absolute Gasteiger partial charge is 0.271 e. The molecule has 1 N–H and O–H groups in total. The molecule has 0 aromatic heterocycles. The van der Waals surface area contributed by atoms with Crippen molar-refractivity contribution in [3.05, 3.63) is 85.7 Å². The molecule has 1 saturated heterocycles. The molecule has 180 valence electrons.